The van der Waals surface area contributed by atoms with Crippen LogP contribution in [0.1, 0.15) is 6.42 Å². The summed E-state index contributed by atoms with van der Waals surface area (Å²) < 4.78 is 10.7. The number of amides is 2. The van der Waals surface area contributed by atoms with Crippen molar-refractivity contribution in [2.45, 2.75) is 6.42 Å². The number of carbonyl (C=O) groups is 2. The van der Waals surface area contributed by atoms with E-state index in [1.54, 1.807) is 17.0 Å². The van der Waals surface area contributed by atoms with Crippen LogP contribution in [-0.2, 0) is 9.59 Å². The van der Waals surface area contributed by atoms with Crippen LogP contribution in [-0.4, -0.2) is 30.1 Å². The fourth-order valence-corrected chi connectivity index (χ4v) is 4.93. The van der Waals surface area contributed by atoms with E-state index in [1.165, 1.54) is 16.7 Å². The van der Waals surface area contributed by atoms with Gasteiger partial charge in [0, 0.05) is 35.7 Å². The van der Waals surface area contributed by atoms with Crippen molar-refractivity contribution in [2.24, 2.45) is 5.92 Å². The zero-order valence-corrected chi connectivity index (χ0v) is 18.3. The van der Waals surface area contributed by atoms with E-state index in [9.17, 15) is 9.59 Å². The number of nitrogens with zero attached hydrogens (tertiary/aromatic N) is 2. The van der Waals surface area contributed by atoms with Gasteiger partial charge in [0.2, 0.25) is 18.6 Å². The highest BCUT2D eigenvalue weighted by Crippen LogP contribution is 2.37. The molecule has 3 heterocycles. The van der Waals surface area contributed by atoms with Crippen LogP contribution in [0.3, 0.4) is 0 Å². The van der Waals surface area contributed by atoms with Gasteiger partial charge in [-0.25, -0.2) is 4.98 Å². The maximum atomic E-state index is 12.9. The van der Waals surface area contributed by atoms with Crippen LogP contribution in [0, 0.1) is 5.92 Å². The standard InChI is InChI=1S/C25H19N3O4S/c29-23-10-18(12-28(23)19-7-8-21-22(11-19)32-14-31-21)24(30)27-25-26-20(13-33-25)17-6-5-15-3-1-2-4-16(15)9-17/h1-9,11,13,18H,10,12,14H2,(H,26,27,30). The summed E-state index contributed by atoms with van der Waals surface area (Å²) in [4.78, 5) is 31.7. The number of fused-ring (bicyclic) bond motifs is 2. The highest BCUT2D eigenvalue weighted by Gasteiger charge is 2.36. The Morgan fingerprint density at radius 3 is 2.79 bits per heavy atom. The van der Waals surface area contributed by atoms with Gasteiger partial charge in [-0.05, 0) is 29.0 Å². The maximum Gasteiger partial charge on any atom is 0.231 e. The molecule has 1 unspecified atom stereocenters. The molecular weight excluding hydrogens is 438 g/mol. The first-order valence-corrected chi connectivity index (χ1v) is 11.5. The second kappa shape index (κ2) is 7.90. The van der Waals surface area contributed by atoms with Gasteiger partial charge in [-0.3, -0.25) is 9.59 Å². The van der Waals surface area contributed by atoms with Gasteiger partial charge in [0.25, 0.3) is 0 Å². The van der Waals surface area contributed by atoms with Crippen LogP contribution in [0.4, 0.5) is 10.8 Å². The normalized spacial score (nSPS) is 17.0. The summed E-state index contributed by atoms with van der Waals surface area (Å²) in [6, 6.07) is 19.7. The van der Waals surface area contributed by atoms with Gasteiger partial charge in [0.05, 0.1) is 11.6 Å². The first-order chi connectivity index (χ1) is 16.1. The molecule has 1 fully saturated rings. The fraction of sp³-hybridized carbons (Fsp3) is 0.160. The number of anilines is 2. The van der Waals surface area contributed by atoms with Gasteiger partial charge in [0.15, 0.2) is 16.6 Å². The van der Waals surface area contributed by atoms with Crippen molar-refractivity contribution in [1.29, 1.82) is 0 Å². The molecule has 7 nitrogen and oxygen atoms in total. The summed E-state index contributed by atoms with van der Waals surface area (Å²) in [5.41, 5.74) is 2.51. The molecule has 2 aliphatic rings. The monoisotopic (exact) mass is 457 g/mol. The van der Waals surface area contributed by atoms with Crippen molar-refractivity contribution in [3.8, 4) is 22.8 Å². The lowest BCUT2D eigenvalue weighted by atomic mass is 10.1. The number of hydrogen-bond donors (Lipinski definition) is 1. The number of rotatable bonds is 4. The van der Waals surface area contributed by atoms with E-state index in [2.05, 4.69) is 34.6 Å². The summed E-state index contributed by atoms with van der Waals surface area (Å²) in [5, 5.41) is 7.65. The average Bonchev–Trinajstić information content (AvgIpc) is 3.58. The Kier molecular flexibility index (Phi) is 4.73. The first kappa shape index (κ1) is 19.8. The van der Waals surface area contributed by atoms with Crippen LogP contribution in [0.5, 0.6) is 11.5 Å². The minimum Gasteiger partial charge on any atom is -0.454 e. The molecule has 0 bridgehead atoms. The zero-order chi connectivity index (χ0) is 22.4. The van der Waals surface area contributed by atoms with Crippen molar-refractivity contribution >= 4 is 44.7 Å². The fourth-order valence-electron chi connectivity index (χ4n) is 4.21. The predicted molar refractivity (Wildman–Crippen MR) is 127 cm³/mol. The van der Waals surface area contributed by atoms with Gasteiger partial charge in [-0.15, -0.1) is 11.3 Å². The lowest BCUT2D eigenvalue weighted by molar-refractivity contribution is -0.122. The molecule has 1 atom stereocenters. The van der Waals surface area contributed by atoms with Gasteiger partial charge in [0.1, 0.15) is 0 Å². The topological polar surface area (TPSA) is 80.8 Å². The third-order valence-electron chi connectivity index (χ3n) is 5.94. The van der Waals surface area contributed by atoms with Gasteiger partial charge < -0.3 is 19.7 Å². The molecule has 2 aliphatic heterocycles. The second-order valence-corrected chi connectivity index (χ2v) is 8.89. The Morgan fingerprint density at radius 2 is 1.88 bits per heavy atom. The third kappa shape index (κ3) is 3.68. The minimum absolute atomic E-state index is 0.0926. The molecule has 0 spiro atoms. The van der Waals surface area contributed by atoms with E-state index in [1.807, 2.05) is 29.6 Å². The summed E-state index contributed by atoms with van der Waals surface area (Å²) >= 11 is 1.38. The number of aromatic nitrogens is 1. The molecule has 8 heteroatoms. The molecule has 164 valence electrons. The largest absolute Gasteiger partial charge is 0.454 e. The van der Waals surface area contributed by atoms with Gasteiger partial charge in [-0.2, -0.15) is 0 Å². The first-order valence-electron chi connectivity index (χ1n) is 10.6. The van der Waals surface area contributed by atoms with Crippen molar-refractivity contribution in [3.05, 3.63) is 66.0 Å². The van der Waals surface area contributed by atoms with Crippen molar-refractivity contribution in [3.63, 3.8) is 0 Å². The van der Waals surface area contributed by atoms with Gasteiger partial charge >= 0.3 is 0 Å². The Morgan fingerprint density at radius 1 is 1.03 bits per heavy atom. The van der Waals surface area contributed by atoms with E-state index >= 15 is 0 Å². The van der Waals surface area contributed by atoms with E-state index in [0.717, 1.165) is 16.6 Å². The van der Waals surface area contributed by atoms with E-state index in [0.29, 0.717) is 28.9 Å². The molecule has 33 heavy (non-hydrogen) atoms. The Balaban J connectivity index is 1.15. The lowest BCUT2D eigenvalue weighted by Crippen LogP contribution is -2.28. The molecular formula is C25H19N3O4S. The SMILES string of the molecule is O=C(Nc1nc(-c2ccc3ccccc3c2)cs1)C1CC(=O)N(c2ccc3c(c2)OCO3)C1. The number of benzene rings is 3. The van der Waals surface area contributed by atoms with Crippen LogP contribution in [0.25, 0.3) is 22.0 Å². The molecule has 1 N–H and O–H groups in total. The van der Waals surface area contributed by atoms with Crippen LogP contribution < -0.4 is 19.7 Å². The summed E-state index contributed by atoms with van der Waals surface area (Å²) in [6.45, 7) is 0.486. The van der Waals surface area contributed by atoms with Crippen molar-refractivity contribution < 1.29 is 19.1 Å². The number of ether oxygens (including phenoxy) is 2. The maximum absolute atomic E-state index is 12.9. The van der Waals surface area contributed by atoms with E-state index in [4.69, 9.17) is 9.47 Å². The smallest absolute Gasteiger partial charge is 0.231 e. The highest BCUT2D eigenvalue weighted by atomic mass is 32.1. The molecule has 1 aromatic heterocycles. The molecule has 2 amide bonds. The molecule has 4 aromatic rings. The minimum atomic E-state index is -0.448. The average molecular weight is 458 g/mol. The number of thiazole rings is 1. The second-order valence-electron chi connectivity index (χ2n) is 8.03. The predicted octanol–water partition coefficient (Wildman–Crippen LogP) is 4.68. The quantitative estimate of drug-likeness (QED) is 0.481. The van der Waals surface area contributed by atoms with Crippen molar-refractivity contribution in [1.82, 2.24) is 4.98 Å². The van der Waals surface area contributed by atoms with E-state index < -0.39 is 5.92 Å². The van der Waals surface area contributed by atoms with Crippen LogP contribution in [0.2, 0.25) is 0 Å². The number of nitrogens with one attached hydrogen (secondary N) is 1. The van der Waals surface area contributed by atoms with Crippen LogP contribution >= 0.6 is 11.3 Å². The molecule has 0 radical (unpaired) electrons. The summed E-state index contributed by atoms with van der Waals surface area (Å²) in [7, 11) is 0. The zero-order valence-electron chi connectivity index (χ0n) is 17.5. The molecule has 6 rings (SSSR count). The third-order valence-corrected chi connectivity index (χ3v) is 6.70. The molecule has 3 aromatic carbocycles. The van der Waals surface area contributed by atoms with Crippen molar-refractivity contribution in [2.75, 3.05) is 23.6 Å². The lowest BCUT2D eigenvalue weighted by Gasteiger charge is -2.17. The van der Waals surface area contributed by atoms with Crippen LogP contribution in [0.15, 0.2) is 66.0 Å². The summed E-state index contributed by atoms with van der Waals surface area (Å²) in [6.07, 6.45) is 0.156. The highest BCUT2D eigenvalue weighted by molar-refractivity contribution is 7.14. The Labute approximate surface area is 193 Å². The molecule has 0 saturated carbocycles. The Hall–Kier alpha value is -3.91. The number of hydrogen-bond acceptors (Lipinski definition) is 6. The summed E-state index contributed by atoms with van der Waals surface area (Å²) in [5.74, 6) is 0.523. The Bertz CT molecular complexity index is 1400. The number of carbonyl (C=O) groups excluding carboxylic acids is 2. The van der Waals surface area contributed by atoms with Gasteiger partial charge in [-0.1, -0.05) is 36.4 Å². The molecule has 0 aliphatic carbocycles. The molecule has 1 saturated heterocycles. The van der Waals surface area contributed by atoms with E-state index in [-0.39, 0.29) is 25.0 Å².